The van der Waals surface area contributed by atoms with E-state index in [1.807, 2.05) is 48.5 Å². The van der Waals surface area contributed by atoms with Crippen LogP contribution in [0.3, 0.4) is 0 Å². The minimum atomic E-state index is -0.195. The number of anilines is 2. The number of nitrogens with zero attached hydrogens (tertiary/aromatic N) is 1. The summed E-state index contributed by atoms with van der Waals surface area (Å²) < 4.78 is 0. The Morgan fingerprint density at radius 3 is 2.20 bits per heavy atom. The summed E-state index contributed by atoms with van der Waals surface area (Å²) in [6.45, 7) is 1.45. The number of aryl methyl sites for hydroxylation is 2. The van der Waals surface area contributed by atoms with E-state index in [9.17, 15) is 9.59 Å². The van der Waals surface area contributed by atoms with E-state index in [-0.39, 0.29) is 11.8 Å². The predicted molar refractivity (Wildman–Crippen MR) is 119 cm³/mol. The smallest absolute Gasteiger partial charge is 0.255 e. The fourth-order valence-corrected chi connectivity index (χ4v) is 3.25. The van der Waals surface area contributed by atoms with Crippen LogP contribution in [0.5, 0.6) is 0 Å². The third kappa shape index (κ3) is 4.72. The molecule has 0 unspecified atom stereocenters. The summed E-state index contributed by atoms with van der Waals surface area (Å²) in [5.41, 5.74) is 5.13. The second kappa shape index (κ2) is 8.61. The lowest BCUT2D eigenvalue weighted by Crippen LogP contribution is -2.12. The summed E-state index contributed by atoms with van der Waals surface area (Å²) >= 11 is 0. The summed E-state index contributed by atoms with van der Waals surface area (Å²) in [7, 11) is 0. The van der Waals surface area contributed by atoms with Crippen molar-refractivity contribution in [3.63, 3.8) is 0 Å². The van der Waals surface area contributed by atoms with Crippen LogP contribution in [0, 0.1) is 0 Å². The summed E-state index contributed by atoms with van der Waals surface area (Å²) in [4.78, 5) is 31.4. The molecule has 0 atom stereocenters. The Hall–Kier alpha value is -3.93. The molecule has 3 N–H and O–H groups in total. The number of nitrogens with one attached hydrogen (secondary N) is 3. The van der Waals surface area contributed by atoms with Gasteiger partial charge in [0.05, 0.1) is 11.0 Å². The molecule has 150 valence electrons. The van der Waals surface area contributed by atoms with Gasteiger partial charge in [0.1, 0.15) is 5.82 Å². The van der Waals surface area contributed by atoms with Crippen LogP contribution >= 0.6 is 0 Å². The number of hydrogen-bond donors (Lipinski definition) is 3. The average molecular weight is 398 g/mol. The maximum absolute atomic E-state index is 12.4. The number of amides is 2. The van der Waals surface area contributed by atoms with E-state index in [2.05, 4.69) is 20.6 Å². The zero-order chi connectivity index (χ0) is 20.9. The van der Waals surface area contributed by atoms with E-state index < -0.39 is 0 Å². The first-order chi connectivity index (χ1) is 14.6. The van der Waals surface area contributed by atoms with Crippen molar-refractivity contribution in [3.05, 3.63) is 89.7 Å². The number of benzene rings is 3. The van der Waals surface area contributed by atoms with Gasteiger partial charge in [0.25, 0.3) is 5.91 Å². The SMILES string of the molecule is CC(=O)Nc1ccc(C(=O)Nc2ccc(CCc3nc4ccccc4[nH]3)cc2)cc1. The van der Waals surface area contributed by atoms with Gasteiger partial charge in [-0.1, -0.05) is 24.3 Å². The molecule has 0 saturated carbocycles. The van der Waals surface area contributed by atoms with E-state index in [4.69, 9.17) is 0 Å². The van der Waals surface area contributed by atoms with E-state index in [0.717, 1.165) is 35.4 Å². The molecule has 0 aliphatic rings. The Bertz CT molecular complexity index is 1150. The number of hydrogen-bond acceptors (Lipinski definition) is 3. The molecule has 0 bridgehead atoms. The van der Waals surface area contributed by atoms with E-state index in [1.54, 1.807) is 24.3 Å². The summed E-state index contributed by atoms with van der Waals surface area (Å²) in [6, 6.07) is 22.6. The van der Waals surface area contributed by atoms with Crippen LogP contribution in [-0.4, -0.2) is 21.8 Å². The van der Waals surface area contributed by atoms with Crippen molar-refractivity contribution >= 4 is 34.2 Å². The molecule has 4 aromatic rings. The van der Waals surface area contributed by atoms with E-state index in [1.165, 1.54) is 12.5 Å². The van der Waals surface area contributed by atoms with E-state index >= 15 is 0 Å². The molecule has 30 heavy (non-hydrogen) atoms. The summed E-state index contributed by atoms with van der Waals surface area (Å²) in [5, 5.41) is 5.57. The van der Waals surface area contributed by atoms with Gasteiger partial charge in [-0.05, 0) is 60.5 Å². The zero-order valence-electron chi connectivity index (χ0n) is 16.6. The fraction of sp³-hybridized carbons (Fsp3) is 0.125. The molecule has 1 heterocycles. The highest BCUT2D eigenvalue weighted by molar-refractivity contribution is 6.04. The van der Waals surface area contributed by atoms with Gasteiger partial charge in [-0.15, -0.1) is 0 Å². The summed E-state index contributed by atoms with van der Waals surface area (Å²) in [6.07, 6.45) is 1.68. The number of rotatable bonds is 6. The third-order valence-corrected chi connectivity index (χ3v) is 4.77. The van der Waals surface area contributed by atoms with Gasteiger partial charge in [0, 0.05) is 30.3 Å². The van der Waals surface area contributed by atoms with Gasteiger partial charge in [0.2, 0.25) is 5.91 Å². The molecule has 0 fully saturated rings. The first-order valence-electron chi connectivity index (χ1n) is 9.78. The lowest BCUT2D eigenvalue weighted by Gasteiger charge is -2.08. The molecule has 2 amide bonds. The molecule has 0 aliphatic carbocycles. The lowest BCUT2D eigenvalue weighted by atomic mass is 10.1. The number of aromatic nitrogens is 2. The first kappa shape index (κ1) is 19.4. The standard InChI is InChI=1S/C24H22N4O2/c1-16(29)25-19-13-9-18(10-14-19)24(30)26-20-11-6-17(7-12-20)8-15-23-27-21-4-2-3-5-22(21)28-23/h2-7,9-14H,8,15H2,1H3,(H,25,29)(H,26,30)(H,27,28). The second-order valence-corrected chi connectivity index (χ2v) is 7.11. The number of para-hydroxylation sites is 2. The van der Waals surface area contributed by atoms with Crippen molar-refractivity contribution < 1.29 is 9.59 Å². The number of carbonyl (C=O) groups excluding carboxylic acids is 2. The van der Waals surface area contributed by atoms with Crippen molar-refractivity contribution in [2.24, 2.45) is 0 Å². The third-order valence-electron chi connectivity index (χ3n) is 4.77. The monoisotopic (exact) mass is 398 g/mol. The van der Waals surface area contributed by atoms with Gasteiger partial charge in [-0.2, -0.15) is 0 Å². The Kier molecular flexibility index (Phi) is 5.57. The molecule has 6 heteroatoms. The zero-order valence-corrected chi connectivity index (χ0v) is 16.6. The van der Waals surface area contributed by atoms with Gasteiger partial charge < -0.3 is 15.6 Å². The van der Waals surface area contributed by atoms with Crippen molar-refractivity contribution in [3.8, 4) is 0 Å². The van der Waals surface area contributed by atoms with Crippen LogP contribution in [0.2, 0.25) is 0 Å². The van der Waals surface area contributed by atoms with Crippen molar-refractivity contribution in [1.82, 2.24) is 9.97 Å². The molecule has 0 spiro atoms. The quantitative estimate of drug-likeness (QED) is 0.445. The predicted octanol–water partition coefficient (Wildman–Crippen LogP) is 4.56. The Morgan fingerprint density at radius 1 is 0.833 bits per heavy atom. The molecular weight excluding hydrogens is 376 g/mol. The topological polar surface area (TPSA) is 86.9 Å². The number of aromatic amines is 1. The Morgan fingerprint density at radius 2 is 1.50 bits per heavy atom. The maximum Gasteiger partial charge on any atom is 0.255 e. The van der Waals surface area contributed by atoms with E-state index in [0.29, 0.717) is 11.3 Å². The number of imidazole rings is 1. The van der Waals surface area contributed by atoms with Crippen LogP contribution in [0.1, 0.15) is 28.7 Å². The van der Waals surface area contributed by atoms with Crippen LogP contribution in [0.4, 0.5) is 11.4 Å². The maximum atomic E-state index is 12.4. The highest BCUT2D eigenvalue weighted by atomic mass is 16.2. The van der Waals surface area contributed by atoms with Gasteiger partial charge in [-0.25, -0.2) is 4.98 Å². The van der Waals surface area contributed by atoms with Crippen LogP contribution < -0.4 is 10.6 Å². The minimum Gasteiger partial charge on any atom is -0.342 e. The molecule has 0 radical (unpaired) electrons. The largest absolute Gasteiger partial charge is 0.342 e. The Labute approximate surface area is 174 Å². The molecule has 3 aromatic carbocycles. The number of fused-ring (bicyclic) bond motifs is 1. The molecule has 6 nitrogen and oxygen atoms in total. The van der Waals surface area contributed by atoms with Crippen LogP contribution in [0.25, 0.3) is 11.0 Å². The van der Waals surface area contributed by atoms with Crippen molar-refractivity contribution in [2.75, 3.05) is 10.6 Å². The number of H-pyrrole nitrogens is 1. The minimum absolute atomic E-state index is 0.146. The number of carbonyl (C=O) groups is 2. The van der Waals surface area contributed by atoms with Crippen LogP contribution in [0.15, 0.2) is 72.8 Å². The van der Waals surface area contributed by atoms with Crippen molar-refractivity contribution in [2.45, 2.75) is 19.8 Å². The summed E-state index contributed by atoms with van der Waals surface area (Å²) in [5.74, 6) is 0.628. The van der Waals surface area contributed by atoms with Gasteiger partial charge >= 0.3 is 0 Å². The molecule has 0 saturated heterocycles. The molecule has 4 rings (SSSR count). The van der Waals surface area contributed by atoms with Crippen molar-refractivity contribution in [1.29, 1.82) is 0 Å². The highest BCUT2D eigenvalue weighted by Crippen LogP contribution is 2.16. The second-order valence-electron chi connectivity index (χ2n) is 7.11. The average Bonchev–Trinajstić information content (AvgIpc) is 3.16. The fourth-order valence-electron chi connectivity index (χ4n) is 3.25. The Balaban J connectivity index is 1.33. The lowest BCUT2D eigenvalue weighted by molar-refractivity contribution is -0.114. The van der Waals surface area contributed by atoms with Gasteiger partial charge in [0.15, 0.2) is 0 Å². The van der Waals surface area contributed by atoms with Gasteiger partial charge in [-0.3, -0.25) is 9.59 Å². The van der Waals surface area contributed by atoms with Crippen LogP contribution in [-0.2, 0) is 17.6 Å². The molecular formula is C24H22N4O2. The normalized spacial score (nSPS) is 10.7. The molecule has 0 aliphatic heterocycles. The molecule has 1 aromatic heterocycles. The first-order valence-corrected chi connectivity index (χ1v) is 9.78. The highest BCUT2D eigenvalue weighted by Gasteiger charge is 2.07.